The van der Waals surface area contributed by atoms with E-state index in [0.29, 0.717) is 17.5 Å². The summed E-state index contributed by atoms with van der Waals surface area (Å²) < 4.78 is 6.45. The molecule has 2 aromatic rings. The van der Waals surface area contributed by atoms with Gasteiger partial charge in [-0.1, -0.05) is 25.0 Å². The fourth-order valence-electron chi connectivity index (χ4n) is 2.90. The van der Waals surface area contributed by atoms with Crippen molar-refractivity contribution in [2.24, 2.45) is 0 Å². The minimum Gasteiger partial charge on any atom is -0.467 e. The molecule has 3 rings (SSSR count). The van der Waals surface area contributed by atoms with Crippen LogP contribution in [-0.2, 0) is 4.79 Å². The topological polar surface area (TPSA) is 67.3 Å². The number of carbonyl (C=O) groups excluding carboxylic acids is 1. The molecule has 1 aromatic heterocycles. The summed E-state index contributed by atoms with van der Waals surface area (Å²) in [4.78, 5) is 23.4. The highest BCUT2D eigenvalue weighted by atomic mass is 79.9. The van der Waals surface area contributed by atoms with Crippen LogP contribution in [0.3, 0.4) is 0 Å². The molecule has 2 heterocycles. The highest BCUT2D eigenvalue weighted by Crippen LogP contribution is 2.22. The van der Waals surface area contributed by atoms with Gasteiger partial charge in [0.2, 0.25) is 11.8 Å². The number of nitrogens with one attached hydrogen (secondary N) is 1. The zero-order chi connectivity index (χ0) is 18.4. The highest BCUT2D eigenvalue weighted by Gasteiger charge is 2.15. The van der Waals surface area contributed by atoms with Crippen LogP contribution < -0.4 is 15.0 Å². The van der Waals surface area contributed by atoms with E-state index in [-0.39, 0.29) is 12.5 Å². The van der Waals surface area contributed by atoms with Crippen LogP contribution in [0.5, 0.6) is 5.88 Å². The first kappa shape index (κ1) is 18.6. The summed E-state index contributed by atoms with van der Waals surface area (Å²) in [7, 11) is 0. The molecule has 7 heteroatoms. The molecule has 26 heavy (non-hydrogen) atoms. The summed E-state index contributed by atoms with van der Waals surface area (Å²) in [5.41, 5.74) is 1.55. The van der Waals surface area contributed by atoms with Gasteiger partial charge >= 0.3 is 0 Å². The number of hydrogen-bond acceptors (Lipinski definition) is 5. The van der Waals surface area contributed by atoms with Crippen molar-refractivity contribution < 1.29 is 9.53 Å². The minimum atomic E-state index is -0.232. The van der Waals surface area contributed by atoms with Crippen molar-refractivity contribution in [2.75, 3.05) is 29.9 Å². The maximum absolute atomic E-state index is 12.1. The number of anilines is 2. The molecule has 1 N–H and O–H groups in total. The molecule has 0 saturated carbocycles. The lowest BCUT2D eigenvalue weighted by Crippen LogP contribution is -2.26. The molecule has 0 spiro atoms. The van der Waals surface area contributed by atoms with Crippen LogP contribution in [0.25, 0.3) is 0 Å². The van der Waals surface area contributed by atoms with Gasteiger partial charge in [0.1, 0.15) is 0 Å². The van der Waals surface area contributed by atoms with Gasteiger partial charge < -0.3 is 15.0 Å². The molecule has 6 nitrogen and oxygen atoms in total. The van der Waals surface area contributed by atoms with Crippen molar-refractivity contribution in [1.29, 1.82) is 0 Å². The Hall–Kier alpha value is -2.15. The standard InChI is InChI=1S/C19H23BrN4O2/c1-14-12-18(23-19(21-14)24-10-6-2-3-7-11-24)26-13-17(25)22-16-9-5-4-8-15(16)20/h4-5,8-9,12H,2-3,6-7,10-11,13H2,1H3,(H,22,25). The van der Waals surface area contributed by atoms with Gasteiger partial charge in [-0.05, 0) is 47.8 Å². The van der Waals surface area contributed by atoms with Crippen LogP contribution in [0.1, 0.15) is 31.4 Å². The number of halogens is 1. The Bertz CT molecular complexity index is 761. The summed E-state index contributed by atoms with van der Waals surface area (Å²) in [6.45, 7) is 3.74. The molecule has 0 radical (unpaired) electrons. The summed E-state index contributed by atoms with van der Waals surface area (Å²) in [6.07, 6.45) is 4.81. The summed E-state index contributed by atoms with van der Waals surface area (Å²) in [5, 5.41) is 2.82. The monoisotopic (exact) mass is 418 g/mol. The van der Waals surface area contributed by atoms with E-state index in [1.807, 2.05) is 31.2 Å². The van der Waals surface area contributed by atoms with Crippen LogP contribution in [0.4, 0.5) is 11.6 Å². The normalized spacial score (nSPS) is 14.6. The zero-order valence-corrected chi connectivity index (χ0v) is 16.5. The first-order chi connectivity index (χ1) is 12.6. The predicted molar refractivity (Wildman–Crippen MR) is 106 cm³/mol. The third kappa shape index (κ3) is 5.17. The second-order valence-corrected chi connectivity index (χ2v) is 7.22. The van der Waals surface area contributed by atoms with Crippen LogP contribution in [0, 0.1) is 6.92 Å². The third-order valence-electron chi connectivity index (χ3n) is 4.21. The number of para-hydroxylation sites is 1. The van der Waals surface area contributed by atoms with Crippen molar-refractivity contribution in [2.45, 2.75) is 32.6 Å². The summed E-state index contributed by atoms with van der Waals surface area (Å²) in [6, 6.07) is 9.21. The Kier molecular flexibility index (Phi) is 6.44. The van der Waals surface area contributed by atoms with Crippen LogP contribution in [-0.4, -0.2) is 35.6 Å². The zero-order valence-electron chi connectivity index (χ0n) is 14.9. The van der Waals surface area contributed by atoms with E-state index in [4.69, 9.17) is 4.74 Å². The number of nitrogens with zero attached hydrogens (tertiary/aromatic N) is 3. The largest absolute Gasteiger partial charge is 0.467 e. The number of hydrogen-bond donors (Lipinski definition) is 1. The SMILES string of the molecule is Cc1cc(OCC(=O)Nc2ccccc2Br)nc(N2CCCCCC2)n1. The lowest BCUT2D eigenvalue weighted by atomic mass is 10.2. The predicted octanol–water partition coefficient (Wildman–Crippen LogP) is 3.95. The first-order valence-corrected chi connectivity index (χ1v) is 9.69. The molecule has 0 bridgehead atoms. The molecule has 1 aliphatic heterocycles. The van der Waals surface area contributed by atoms with Crippen LogP contribution >= 0.6 is 15.9 Å². The molecule has 0 atom stereocenters. The molecule has 138 valence electrons. The van der Waals surface area contributed by atoms with Crippen LogP contribution in [0.15, 0.2) is 34.8 Å². The van der Waals surface area contributed by atoms with Crippen molar-refractivity contribution in [1.82, 2.24) is 9.97 Å². The Morgan fingerprint density at radius 2 is 1.92 bits per heavy atom. The highest BCUT2D eigenvalue weighted by molar-refractivity contribution is 9.10. The number of benzene rings is 1. The molecule has 1 aliphatic rings. The Labute approximate surface area is 162 Å². The second-order valence-electron chi connectivity index (χ2n) is 6.37. The van der Waals surface area contributed by atoms with E-state index >= 15 is 0 Å². The minimum absolute atomic E-state index is 0.1000. The van der Waals surface area contributed by atoms with E-state index in [1.165, 1.54) is 12.8 Å². The van der Waals surface area contributed by atoms with Gasteiger partial charge in [0.15, 0.2) is 6.61 Å². The summed E-state index contributed by atoms with van der Waals surface area (Å²) >= 11 is 3.41. The van der Waals surface area contributed by atoms with Gasteiger partial charge in [-0.2, -0.15) is 4.98 Å². The Morgan fingerprint density at radius 1 is 1.19 bits per heavy atom. The molecule has 0 unspecified atom stereocenters. The third-order valence-corrected chi connectivity index (χ3v) is 4.90. The number of aryl methyl sites for hydroxylation is 1. The average molecular weight is 419 g/mol. The van der Waals surface area contributed by atoms with Gasteiger partial charge in [-0.3, -0.25) is 4.79 Å². The quantitative estimate of drug-likeness (QED) is 0.795. The van der Waals surface area contributed by atoms with Crippen LogP contribution in [0.2, 0.25) is 0 Å². The number of carbonyl (C=O) groups is 1. The molecule has 1 amide bonds. The first-order valence-electron chi connectivity index (χ1n) is 8.89. The lowest BCUT2D eigenvalue weighted by Gasteiger charge is -2.21. The molecule has 1 fully saturated rings. The smallest absolute Gasteiger partial charge is 0.262 e. The molecular weight excluding hydrogens is 396 g/mol. The van der Waals surface area contributed by atoms with Gasteiger partial charge in [0.05, 0.1) is 5.69 Å². The molecule has 1 saturated heterocycles. The lowest BCUT2D eigenvalue weighted by molar-refractivity contribution is -0.118. The molecule has 0 aliphatic carbocycles. The summed E-state index contributed by atoms with van der Waals surface area (Å²) in [5.74, 6) is 0.886. The number of amides is 1. The van der Waals surface area contributed by atoms with Gasteiger partial charge in [-0.25, -0.2) is 4.98 Å². The van der Waals surface area contributed by atoms with Gasteiger partial charge in [0.25, 0.3) is 5.91 Å². The van der Waals surface area contributed by atoms with Gasteiger partial charge in [0, 0.05) is 29.3 Å². The van der Waals surface area contributed by atoms with Gasteiger partial charge in [-0.15, -0.1) is 0 Å². The van der Waals surface area contributed by atoms with E-state index in [2.05, 4.69) is 36.1 Å². The maximum Gasteiger partial charge on any atom is 0.262 e. The van der Waals surface area contributed by atoms with E-state index in [0.717, 1.165) is 36.1 Å². The molecular formula is C19H23BrN4O2. The number of rotatable bonds is 5. The average Bonchev–Trinajstić information content (AvgIpc) is 2.91. The van der Waals surface area contributed by atoms with Crippen molar-refractivity contribution in [3.63, 3.8) is 0 Å². The maximum atomic E-state index is 12.1. The Balaban J connectivity index is 1.62. The van der Waals surface area contributed by atoms with E-state index in [1.54, 1.807) is 6.07 Å². The van der Waals surface area contributed by atoms with Crippen molar-refractivity contribution in [3.05, 3.63) is 40.5 Å². The number of ether oxygens (including phenoxy) is 1. The molecule has 1 aromatic carbocycles. The van der Waals surface area contributed by atoms with Crippen molar-refractivity contribution in [3.8, 4) is 5.88 Å². The Morgan fingerprint density at radius 3 is 2.65 bits per heavy atom. The second kappa shape index (κ2) is 8.98. The van der Waals surface area contributed by atoms with E-state index in [9.17, 15) is 4.79 Å². The van der Waals surface area contributed by atoms with E-state index < -0.39 is 0 Å². The fourth-order valence-corrected chi connectivity index (χ4v) is 3.28. The van der Waals surface area contributed by atoms with Crippen molar-refractivity contribution >= 4 is 33.5 Å². The number of aromatic nitrogens is 2. The fraction of sp³-hybridized carbons (Fsp3) is 0.421.